The van der Waals surface area contributed by atoms with Crippen molar-refractivity contribution < 1.29 is 22.7 Å². The van der Waals surface area contributed by atoms with E-state index in [4.69, 9.17) is 21.1 Å². The molecule has 0 saturated carbocycles. The molecule has 2 heterocycles. The highest BCUT2D eigenvalue weighted by Crippen LogP contribution is 2.33. The molecule has 1 atom stereocenters. The normalized spacial score (nSPS) is 17.9. The van der Waals surface area contributed by atoms with E-state index in [1.54, 1.807) is 17.0 Å². The molecule has 0 aliphatic carbocycles. The zero-order valence-corrected chi connectivity index (χ0v) is 18.8. The van der Waals surface area contributed by atoms with Gasteiger partial charge in [0.2, 0.25) is 15.9 Å². The Hall–Kier alpha value is -2.29. The van der Waals surface area contributed by atoms with Crippen LogP contribution in [0.15, 0.2) is 47.4 Å². The number of piperidine rings is 1. The molecule has 2 aromatic carbocycles. The number of fused-ring (bicyclic) bond motifs is 1. The Morgan fingerprint density at radius 3 is 2.39 bits per heavy atom. The second kappa shape index (κ2) is 9.06. The lowest BCUT2D eigenvalue weighted by atomic mass is 9.97. The van der Waals surface area contributed by atoms with E-state index in [-0.39, 0.29) is 22.8 Å². The second-order valence-corrected chi connectivity index (χ2v) is 9.95. The van der Waals surface area contributed by atoms with Crippen molar-refractivity contribution in [3.8, 4) is 11.5 Å². The molecule has 0 spiro atoms. The molecule has 0 aromatic heterocycles. The monoisotopic (exact) mass is 464 g/mol. The Balaban J connectivity index is 1.35. The van der Waals surface area contributed by atoms with Crippen LogP contribution in [0.5, 0.6) is 11.5 Å². The van der Waals surface area contributed by atoms with Gasteiger partial charge in [0.05, 0.1) is 10.8 Å². The third-order valence-electron chi connectivity index (χ3n) is 5.69. The molecule has 2 aliphatic heterocycles. The third-order valence-corrected chi connectivity index (χ3v) is 7.48. The number of nitrogens with one attached hydrogen (secondary N) is 1. The number of hydrogen-bond donors (Lipinski definition) is 1. The fourth-order valence-corrected chi connectivity index (χ4v) is 5.30. The van der Waals surface area contributed by atoms with Crippen molar-refractivity contribution in [1.29, 1.82) is 0 Å². The van der Waals surface area contributed by atoms with E-state index in [1.165, 1.54) is 12.1 Å². The fourth-order valence-electron chi connectivity index (χ4n) is 3.86. The lowest BCUT2D eigenvalue weighted by molar-refractivity contribution is -0.133. The Labute approximate surface area is 187 Å². The number of nitrogens with zero attached hydrogens (tertiary/aromatic N) is 1. The minimum Gasteiger partial charge on any atom is -0.486 e. The second-order valence-electron chi connectivity index (χ2n) is 7.80. The third kappa shape index (κ3) is 4.97. The van der Waals surface area contributed by atoms with Crippen molar-refractivity contribution in [1.82, 2.24) is 9.62 Å². The van der Waals surface area contributed by atoms with Crippen LogP contribution in [-0.2, 0) is 14.8 Å². The minimum absolute atomic E-state index is 0.0238. The number of hydrogen-bond acceptors (Lipinski definition) is 5. The maximum atomic E-state index is 13.0. The Bertz CT molecular complexity index is 1050. The number of carbonyl (C=O) groups excluding carboxylic acids is 1. The van der Waals surface area contributed by atoms with Crippen molar-refractivity contribution >= 4 is 27.5 Å². The number of carbonyl (C=O) groups is 1. The van der Waals surface area contributed by atoms with Gasteiger partial charge in [-0.15, -0.1) is 0 Å². The van der Waals surface area contributed by atoms with Gasteiger partial charge in [-0.3, -0.25) is 4.79 Å². The van der Waals surface area contributed by atoms with Crippen LogP contribution in [0.25, 0.3) is 0 Å². The molecule has 1 amide bonds. The highest BCUT2D eigenvalue weighted by atomic mass is 35.5. The Kier molecular flexibility index (Phi) is 6.41. The molecule has 1 unspecified atom stereocenters. The standard InChI is InChI=1S/C22H25ClN2O5S/c1-15(16-2-7-20-21(14-16)30-13-12-29-20)22(26)25-10-8-18(9-11-25)24-31(27,28)19-5-3-17(23)4-6-19/h2-7,14-15,18,24H,8-13H2,1H3. The van der Waals surface area contributed by atoms with E-state index in [9.17, 15) is 13.2 Å². The number of rotatable bonds is 5. The van der Waals surface area contributed by atoms with Crippen LogP contribution in [-0.4, -0.2) is 51.6 Å². The van der Waals surface area contributed by atoms with Crippen LogP contribution < -0.4 is 14.2 Å². The maximum Gasteiger partial charge on any atom is 0.240 e. The number of sulfonamides is 1. The number of benzene rings is 2. The molecule has 2 aliphatic rings. The van der Waals surface area contributed by atoms with E-state index in [0.29, 0.717) is 55.7 Å². The summed E-state index contributed by atoms with van der Waals surface area (Å²) in [5, 5.41) is 0.484. The van der Waals surface area contributed by atoms with Crippen LogP contribution in [0, 0.1) is 0 Å². The predicted molar refractivity (Wildman–Crippen MR) is 117 cm³/mol. The van der Waals surface area contributed by atoms with Gasteiger partial charge in [-0.1, -0.05) is 17.7 Å². The van der Waals surface area contributed by atoms with Gasteiger partial charge < -0.3 is 14.4 Å². The average molecular weight is 465 g/mol. The van der Waals surface area contributed by atoms with Crippen molar-refractivity contribution in [2.45, 2.75) is 36.6 Å². The summed E-state index contributed by atoms with van der Waals surface area (Å²) in [6.07, 6.45) is 1.12. The van der Waals surface area contributed by atoms with Crippen molar-refractivity contribution in [2.24, 2.45) is 0 Å². The molecular weight excluding hydrogens is 440 g/mol. The quantitative estimate of drug-likeness (QED) is 0.734. The van der Waals surface area contributed by atoms with Gasteiger partial charge in [0.15, 0.2) is 11.5 Å². The molecular formula is C22H25ClN2O5S. The average Bonchev–Trinajstić information content (AvgIpc) is 2.78. The van der Waals surface area contributed by atoms with Crippen LogP contribution in [0.1, 0.15) is 31.2 Å². The van der Waals surface area contributed by atoms with Crippen molar-refractivity contribution in [3.63, 3.8) is 0 Å². The summed E-state index contributed by atoms with van der Waals surface area (Å²) >= 11 is 5.84. The molecule has 2 aromatic rings. The first-order valence-corrected chi connectivity index (χ1v) is 12.2. The van der Waals surface area contributed by atoms with E-state index in [0.717, 1.165) is 5.56 Å². The molecule has 166 valence electrons. The maximum absolute atomic E-state index is 13.0. The first-order chi connectivity index (χ1) is 14.8. The van der Waals surface area contributed by atoms with Gasteiger partial charge in [0, 0.05) is 24.2 Å². The first-order valence-electron chi connectivity index (χ1n) is 10.3. The van der Waals surface area contributed by atoms with Crippen LogP contribution in [0.4, 0.5) is 0 Å². The van der Waals surface area contributed by atoms with Gasteiger partial charge in [-0.05, 0) is 61.7 Å². The summed E-state index contributed by atoms with van der Waals surface area (Å²) in [4.78, 5) is 15.0. The van der Waals surface area contributed by atoms with Crippen LogP contribution >= 0.6 is 11.6 Å². The number of likely N-dealkylation sites (tertiary alicyclic amines) is 1. The van der Waals surface area contributed by atoms with Crippen LogP contribution in [0.2, 0.25) is 5.02 Å². The zero-order valence-electron chi connectivity index (χ0n) is 17.2. The summed E-state index contributed by atoms with van der Waals surface area (Å²) < 4.78 is 39.1. The topological polar surface area (TPSA) is 84.9 Å². The SMILES string of the molecule is CC(C(=O)N1CCC(NS(=O)(=O)c2ccc(Cl)cc2)CC1)c1ccc2c(c1)OCCO2. The predicted octanol–water partition coefficient (Wildman–Crippen LogP) is 3.18. The van der Waals surface area contributed by atoms with E-state index < -0.39 is 10.0 Å². The highest BCUT2D eigenvalue weighted by Gasteiger charge is 2.29. The summed E-state index contributed by atoms with van der Waals surface area (Å²) in [6.45, 7) is 3.90. The molecule has 7 nitrogen and oxygen atoms in total. The number of halogens is 1. The van der Waals surface area contributed by atoms with Gasteiger partial charge >= 0.3 is 0 Å². The molecule has 0 bridgehead atoms. The van der Waals surface area contributed by atoms with Crippen LogP contribution in [0.3, 0.4) is 0 Å². The molecule has 4 rings (SSSR count). The summed E-state index contributed by atoms with van der Waals surface area (Å²) in [6, 6.07) is 11.5. The van der Waals surface area contributed by atoms with Crippen molar-refractivity contribution in [3.05, 3.63) is 53.1 Å². The first kappa shape index (κ1) is 21.9. The zero-order chi connectivity index (χ0) is 22.0. The largest absolute Gasteiger partial charge is 0.486 e. The molecule has 9 heteroatoms. The Morgan fingerprint density at radius 2 is 1.71 bits per heavy atom. The number of ether oxygens (including phenoxy) is 2. The lowest BCUT2D eigenvalue weighted by Gasteiger charge is -2.34. The molecule has 1 saturated heterocycles. The minimum atomic E-state index is -3.62. The molecule has 31 heavy (non-hydrogen) atoms. The van der Waals surface area contributed by atoms with Gasteiger partial charge in [-0.2, -0.15) is 0 Å². The van der Waals surface area contributed by atoms with Gasteiger partial charge in [0.1, 0.15) is 13.2 Å². The smallest absolute Gasteiger partial charge is 0.240 e. The molecule has 1 fully saturated rings. The highest BCUT2D eigenvalue weighted by molar-refractivity contribution is 7.89. The Morgan fingerprint density at radius 1 is 1.06 bits per heavy atom. The van der Waals surface area contributed by atoms with E-state index in [2.05, 4.69) is 4.72 Å². The molecule has 0 radical (unpaired) electrons. The van der Waals surface area contributed by atoms with Gasteiger partial charge in [-0.25, -0.2) is 13.1 Å². The fraction of sp³-hybridized carbons (Fsp3) is 0.409. The summed E-state index contributed by atoms with van der Waals surface area (Å²) in [5.74, 6) is 1.07. The lowest BCUT2D eigenvalue weighted by Crippen LogP contribution is -2.47. The van der Waals surface area contributed by atoms with E-state index in [1.807, 2.05) is 25.1 Å². The van der Waals surface area contributed by atoms with Gasteiger partial charge in [0.25, 0.3) is 0 Å². The molecule has 1 N–H and O–H groups in total. The summed E-state index contributed by atoms with van der Waals surface area (Å²) in [5.41, 5.74) is 0.875. The summed E-state index contributed by atoms with van der Waals surface area (Å²) in [7, 11) is -3.62. The van der Waals surface area contributed by atoms with E-state index >= 15 is 0 Å². The van der Waals surface area contributed by atoms with Crippen molar-refractivity contribution in [2.75, 3.05) is 26.3 Å². The number of amides is 1.